The van der Waals surface area contributed by atoms with Gasteiger partial charge in [0.15, 0.2) is 12.6 Å². The smallest absolute Gasteiger partial charge is 0.302 e. The van der Waals surface area contributed by atoms with Crippen LogP contribution in [0.4, 0.5) is 0 Å². The summed E-state index contributed by atoms with van der Waals surface area (Å²) in [6.07, 6.45) is -13.7. The summed E-state index contributed by atoms with van der Waals surface area (Å²) >= 11 is 17.6. The SMILES string of the molecule is COC[C@H]1O[C@H](O[C@H]2C(OC)C(OC)[C@@H](O[C@H]3C(COC(C)=O)OC(OC(=N)C(Cl)(Cl)Cl)C(OC)[C@H]3OC)O[C@@H]2COC)C(OC)C(OC)[C@@H]1OC. The molecule has 1 N–H and O–H groups in total. The van der Waals surface area contributed by atoms with Gasteiger partial charge in [0.25, 0.3) is 3.79 Å². The Kier molecular flexibility index (Phi) is 18.9. The van der Waals surface area contributed by atoms with Crippen molar-refractivity contribution in [3.63, 3.8) is 0 Å². The van der Waals surface area contributed by atoms with Crippen LogP contribution in [-0.2, 0) is 80.6 Å². The standard InChI is InChI=1S/C31H52Cl3NO17/c1-14(36)46-13-17-20(23(42-7)26(45-10)29(49-17)52-30(35)31(32,33)34)51-28-25(44-9)22(41-6)19(16(48-28)12-38-3)50-27-24(43-8)21(40-5)18(39-4)15(47-27)11-37-2/h15-29,35H,11-13H2,1-10H3/t15-,16-,17?,18-,19-,20+,21?,22?,23+,24?,25?,26?,27-,28-,29?/m1/s1. The van der Waals surface area contributed by atoms with Crippen LogP contribution in [0.25, 0.3) is 0 Å². The van der Waals surface area contributed by atoms with Crippen LogP contribution in [0.1, 0.15) is 6.92 Å². The summed E-state index contributed by atoms with van der Waals surface area (Å²) in [5.41, 5.74) is 0. The monoisotopic (exact) mass is 815 g/mol. The number of nitrogens with one attached hydrogen (secondary N) is 1. The molecule has 0 aliphatic carbocycles. The molecule has 0 spiro atoms. The van der Waals surface area contributed by atoms with Crippen molar-refractivity contribution >= 4 is 46.7 Å². The van der Waals surface area contributed by atoms with Gasteiger partial charge in [0, 0.05) is 70.9 Å². The van der Waals surface area contributed by atoms with Gasteiger partial charge in [0.2, 0.25) is 12.2 Å². The average molecular weight is 817 g/mol. The molecule has 21 heteroatoms. The Bertz CT molecular complexity index is 1090. The Morgan fingerprint density at radius 1 is 0.538 bits per heavy atom. The Balaban J connectivity index is 1.97. The van der Waals surface area contributed by atoms with Crippen LogP contribution >= 0.6 is 34.8 Å². The summed E-state index contributed by atoms with van der Waals surface area (Å²) in [6, 6.07) is 0. The number of rotatable bonds is 18. The molecule has 52 heavy (non-hydrogen) atoms. The molecule has 0 amide bonds. The number of carbonyl (C=O) groups excluding carboxylic acids is 1. The lowest BCUT2D eigenvalue weighted by Gasteiger charge is -2.51. The van der Waals surface area contributed by atoms with Crippen molar-refractivity contribution in [2.24, 2.45) is 0 Å². The van der Waals surface area contributed by atoms with Crippen molar-refractivity contribution in [2.75, 3.05) is 83.8 Å². The molecule has 3 rings (SSSR count). The maximum atomic E-state index is 11.9. The van der Waals surface area contributed by atoms with Gasteiger partial charge in [0.05, 0.1) is 13.2 Å². The molecule has 7 unspecified atom stereocenters. The van der Waals surface area contributed by atoms with Crippen LogP contribution in [0.2, 0.25) is 0 Å². The van der Waals surface area contributed by atoms with Gasteiger partial charge < -0.3 is 75.8 Å². The zero-order valence-electron chi connectivity index (χ0n) is 30.9. The summed E-state index contributed by atoms with van der Waals surface area (Å²) in [7, 11) is 13.3. The molecule has 0 radical (unpaired) electrons. The summed E-state index contributed by atoms with van der Waals surface area (Å²) in [5, 5.41) is 8.10. The van der Waals surface area contributed by atoms with Gasteiger partial charge in [-0.1, -0.05) is 34.8 Å². The number of halogens is 3. The van der Waals surface area contributed by atoms with Gasteiger partial charge in [0.1, 0.15) is 79.9 Å². The second kappa shape index (κ2) is 21.5. The normalized spacial score (nSPS) is 38.5. The third-order valence-electron chi connectivity index (χ3n) is 8.87. The minimum Gasteiger partial charge on any atom is -0.463 e. The molecule has 15 atom stereocenters. The maximum absolute atomic E-state index is 11.9. The Labute approximate surface area is 318 Å². The average Bonchev–Trinajstić information content (AvgIpc) is 3.11. The van der Waals surface area contributed by atoms with E-state index < -0.39 is 108 Å². The van der Waals surface area contributed by atoms with Gasteiger partial charge in [-0.3, -0.25) is 10.2 Å². The Morgan fingerprint density at radius 3 is 1.25 bits per heavy atom. The van der Waals surface area contributed by atoms with Crippen LogP contribution in [0, 0.1) is 5.41 Å². The fraction of sp³-hybridized carbons (Fsp3) is 0.935. The maximum Gasteiger partial charge on any atom is 0.302 e. The van der Waals surface area contributed by atoms with Gasteiger partial charge in [-0.05, 0) is 0 Å². The summed E-state index contributed by atoms with van der Waals surface area (Å²) in [4.78, 5) is 11.9. The highest BCUT2D eigenvalue weighted by Gasteiger charge is 2.56. The quantitative estimate of drug-likeness (QED) is 0.0900. The van der Waals surface area contributed by atoms with E-state index in [1.807, 2.05) is 0 Å². The van der Waals surface area contributed by atoms with Crippen molar-refractivity contribution in [1.82, 2.24) is 0 Å². The topological polar surface area (TPSA) is 189 Å². The molecule has 304 valence electrons. The lowest BCUT2D eigenvalue weighted by atomic mass is 9.95. The lowest BCUT2D eigenvalue weighted by Crippen LogP contribution is -2.68. The van der Waals surface area contributed by atoms with E-state index in [1.165, 1.54) is 56.7 Å². The minimum absolute atomic E-state index is 0.0165. The molecular formula is C31H52Cl3NO17. The van der Waals surface area contributed by atoms with Crippen LogP contribution in [0.15, 0.2) is 0 Å². The molecule has 0 aromatic carbocycles. The number of ether oxygens (including phenoxy) is 16. The number of carbonyl (C=O) groups is 1. The molecule has 0 saturated carbocycles. The molecule has 3 fully saturated rings. The summed E-state index contributed by atoms with van der Waals surface area (Å²) in [6.45, 7) is 1.10. The van der Waals surface area contributed by atoms with E-state index in [0.717, 1.165) is 0 Å². The van der Waals surface area contributed by atoms with Crippen molar-refractivity contribution in [2.45, 2.75) is 103 Å². The highest BCUT2D eigenvalue weighted by molar-refractivity contribution is 6.76. The van der Waals surface area contributed by atoms with Crippen LogP contribution in [0.5, 0.6) is 0 Å². The molecule has 0 aromatic heterocycles. The van der Waals surface area contributed by atoms with E-state index in [2.05, 4.69) is 0 Å². The molecular weight excluding hydrogens is 765 g/mol. The largest absolute Gasteiger partial charge is 0.463 e. The van der Waals surface area contributed by atoms with Gasteiger partial charge >= 0.3 is 5.97 Å². The predicted octanol–water partition coefficient (Wildman–Crippen LogP) is 1.26. The van der Waals surface area contributed by atoms with Gasteiger partial charge in [-0.2, -0.15) is 0 Å². The Morgan fingerprint density at radius 2 is 0.885 bits per heavy atom. The zero-order valence-corrected chi connectivity index (χ0v) is 33.1. The van der Waals surface area contributed by atoms with E-state index in [9.17, 15) is 4.79 Å². The van der Waals surface area contributed by atoms with Crippen molar-refractivity contribution in [3.05, 3.63) is 0 Å². The predicted molar refractivity (Wildman–Crippen MR) is 181 cm³/mol. The second-order valence-corrected chi connectivity index (χ2v) is 14.2. The molecule has 18 nitrogen and oxygen atoms in total. The lowest BCUT2D eigenvalue weighted by molar-refractivity contribution is -0.384. The third kappa shape index (κ3) is 11.0. The van der Waals surface area contributed by atoms with Crippen LogP contribution in [-0.4, -0.2) is 192 Å². The van der Waals surface area contributed by atoms with E-state index >= 15 is 0 Å². The van der Waals surface area contributed by atoms with Gasteiger partial charge in [-0.15, -0.1) is 0 Å². The molecule has 3 aliphatic heterocycles. The fourth-order valence-corrected chi connectivity index (χ4v) is 6.67. The van der Waals surface area contributed by atoms with Crippen molar-refractivity contribution < 1.29 is 80.6 Å². The highest BCUT2D eigenvalue weighted by atomic mass is 35.6. The minimum atomic E-state index is -2.21. The number of alkyl halides is 3. The first kappa shape index (κ1) is 45.6. The Hall–Kier alpha value is -0.750. The zero-order chi connectivity index (χ0) is 38.7. The van der Waals surface area contributed by atoms with E-state index in [-0.39, 0.29) is 19.8 Å². The number of hydrogen-bond donors (Lipinski definition) is 1. The highest BCUT2D eigenvalue weighted by Crippen LogP contribution is 2.38. The first-order valence-electron chi connectivity index (χ1n) is 16.2. The van der Waals surface area contributed by atoms with Crippen molar-refractivity contribution in [1.29, 1.82) is 5.41 Å². The van der Waals surface area contributed by atoms with Crippen LogP contribution < -0.4 is 0 Å². The third-order valence-corrected chi connectivity index (χ3v) is 9.38. The summed E-state index contributed by atoms with van der Waals surface area (Å²) < 4.78 is 92.5. The van der Waals surface area contributed by atoms with E-state index in [4.69, 9.17) is 116 Å². The summed E-state index contributed by atoms with van der Waals surface area (Å²) in [5.74, 6) is -1.34. The molecule has 3 heterocycles. The second-order valence-electron chi connectivity index (χ2n) is 11.9. The van der Waals surface area contributed by atoms with E-state index in [0.29, 0.717) is 0 Å². The molecule has 0 bridgehead atoms. The fourth-order valence-electron chi connectivity index (χ4n) is 6.54. The number of methoxy groups -OCH3 is 9. The first-order chi connectivity index (χ1) is 24.8. The number of esters is 1. The van der Waals surface area contributed by atoms with Crippen LogP contribution in [0.3, 0.4) is 0 Å². The van der Waals surface area contributed by atoms with E-state index in [1.54, 1.807) is 14.2 Å². The van der Waals surface area contributed by atoms with Gasteiger partial charge in [-0.25, -0.2) is 0 Å². The van der Waals surface area contributed by atoms with Crippen molar-refractivity contribution in [3.8, 4) is 0 Å². The molecule has 3 aliphatic rings. The molecule has 0 aromatic rings. The first-order valence-corrected chi connectivity index (χ1v) is 17.3. The number of hydrogen-bond acceptors (Lipinski definition) is 18. The molecule has 3 saturated heterocycles.